The lowest BCUT2D eigenvalue weighted by molar-refractivity contribution is 0.267. The summed E-state index contributed by atoms with van der Waals surface area (Å²) in [5.41, 5.74) is 5.60. The lowest BCUT2D eigenvalue weighted by atomic mass is 9.79. The van der Waals surface area contributed by atoms with E-state index >= 15 is 0 Å². The molecule has 1 heterocycles. The Kier molecular flexibility index (Phi) is 2.66. The van der Waals surface area contributed by atoms with E-state index < -0.39 is 0 Å². The van der Waals surface area contributed by atoms with Crippen molar-refractivity contribution in [3.8, 4) is 0 Å². The molecule has 1 saturated carbocycles. The standard InChI is InChI=1S/C10H20N2/c11-6-5-8-7-12-10-4-2-1-3-9(8)10/h8-10,12H,1-7,11H2. The van der Waals surface area contributed by atoms with Crippen molar-refractivity contribution in [3.05, 3.63) is 0 Å². The fraction of sp³-hybridized carbons (Fsp3) is 1.00. The van der Waals surface area contributed by atoms with Gasteiger partial charge in [0, 0.05) is 6.04 Å². The van der Waals surface area contributed by atoms with Gasteiger partial charge in [-0.1, -0.05) is 12.8 Å². The average molecular weight is 168 g/mol. The van der Waals surface area contributed by atoms with Gasteiger partial charge < -0.3 is 11.1 Å². The number of hydrogen-bond acceptors (Lipinski definition) is 2. The predicted molar refractivity (Wildman–Crippen MR) is 50.9 cm³/mol. The quantitative estimate of drug-likeness (QED) is 0.648. The maximum atomic E-state index is 5.60. The summed E-state index contributed by atoms with van der Waals surface area (Å²) in [5, 5.41) is 3.64. The highest BCUT2D eigenvalue weighted by Gasteiger charge is 2.36. The third-order valence-corrected chi connectivity index (χ3v) is 3.60. The van der Waals surface area contributed by atoms with Gasteiger partial charge in [-0.05, 0) is 44.2 Å². The maximum Gasteiger partial charge on any atom is 0.00985 e. The van der Waals surface area contributed by atoms with E-state index in [-0.39, 0.29) is 0 Å². The van der Waals surface area contributed by atoms with E-state index in [0.717, 1.165) is 24.4 Å². The summed E-state index contributed by atoms with van der Waals surface area (Å²) in [4.78, 5) is 0. The monoisotopic (exact) mass is 168 g/mol. The second kappa shape index (κ2) is 3.75. The van der Waals surface area contributed by atoms with Crippen LogP contribution in [0.5, 0.6) is 0 Å². The molecule has 0 aromatic heterocycles. The van der Waals surface area contributed by atoms with Crippen LogP contribution >= 0.6 is 0 Å². The van der Waals surface area contributed by atoms with Crippen molar-refractivity contribution in [2.75, 3.05) is 13.1 Å². The Hall–Kier alpha value is -0.0800. The van der Waals surface area contributed by atoms with E-state index in [9.17, 15) is 0 Å². The third kappa shape index (κ3) is 1.50. The first-order chi connectivity index (χ1) is 5.92. The van der Waals surface area contributed by atoms with Crippen LogP contribution in [-0.4, -0.2) is 19.1 Å². The molecule has 0 aromatic rings. The Balaban J connectivity index is 1.92. The lowest BCUT2D eigenvalue weighted by Crippen LogP contribution is -2.30. The Morgan fingerprint density at radius 2 is 2.08 bits per heavy atom. The summed E-state index contributed by atoms with van der Waals surface area (Å²) in [5.74, 6) is 1.85. The highest BCUT2D eigenvalue weighted by molar-refractivity contribution is 4.92. The summed E-state index contributed by atoms with van der Waals surface area (Å²) >= 11 is 0. The molecule has 2 aliphatic rings. The Morgan fingerprint density at radius 3 is 2.92 bits per heavy atom. The van der Waals surface area contributed by atoms with Crippen LogP contribution in [-0.2, 0) is 0 Å². The van der Waals surface area contributed by atoms with Crippen molar-refractivity contribution >= 4 is 0 Å². The largest absolute Gasteiger partial charge is 0.330 e. The van der Waals surface area contributed by atoms with Gasteiger partial charge in [0.15, 0.2) is 0 Å². The van der Waals surface area contributed by atoms with E-state index in [2.05, 4.69) is 5.32 Å². The van der Waals surface area contributed by atoms with Crippen LogP contribution in [0.15, 0.2) is 0 Å². The summed E-state index contributed by atoms with van der Waals surface area (Å²) in [6, 6.07) is 0.843. The fourth-order valence-electron chi connectivity index (χ4n) is 2.96. The first kappa shape index (κ1) is 8.52. The van der Waals surface area contributed by atoms with Crippen LogP contribution in [0.4, 0.5) is 0 Å². The maximum absolute atomic E-state index is 5.60. The summed E-state index contributed by atoms with van der Waals surface area (Å²) < 4.78 is 0. The Bertz CT molecular complexity index is 147. The van der Waals surface area contributed by atoms with E-state index in [4.69, 9.17) is 5.73 Å². The van der Waals surface area contributed by atoms with Crippen LogP contribution in [0.2, 0.25) is 0 Å². The topological polar surface area (TPSA) is 38.0 Å². The zero-order valence-electron chi connectivity index (χ0n) is 7.76. The second-order valence-corrected chi connectivity index (χ2v) is 4.30. The Morgan fingerprint density at radius 1 is 1.25 bits per heavy atom. The molecule has 1 saturated heterocycles. The van der Waals surface area contributed by atoms with Crippen molar-refractivity contribution in [3.63, 3.8) is 0 Å². The van der Waals surface area contributed by atoms with Gasteiger partial charge in [0.25, 0.3) is 0 Å². The predicted octanol–water partition coefficient (Wildman–Crippen LogP) is 1.11. The molecular weight excluding hydrogens is 148 g/mol. The molecular formula is C10H20N2. The number of nitrogens with two attached hydrogens (primary N) is 1. The Labute approximate surface area is 74.9 Å². The molecule has 2 nitrogen and oxygen atoms in total. The van der Waals surface area contributed by atoms with Crippen LogP contribution in [0.25, 0.3) is 0 Å². The smallest absolute Gasteiger partial charge is 0.00985 e. The third-order valence-electron chi connectivity index (χ3n) is 3.60. The molecule has 3 N–H and O–H groups in total. The van der Waals surface area contributed by atoms with Gasteiger partial charge in [0.2, 0.25) is 0 Å². The highest BCUT2D eigenvalue weighted by atomic mass is 15.0. The molecule has 0 spiro atoms. The number of hydrogen-bond donors (Lipinski definition) is 2. The molecule has 3 unspecified atom stereocenters. The van der Waals surface area contributed by atoms with Crippen molar-refractivity contribution < 1.29 is 0 Å². The van der Waals surface area contributed by atoms with Crippen LogP contribution in [0.3, 0.4) is 0 Å². The molecule has 0 amide bonds. The molecule has 0 bridgehead atoms. The SMILES string of the molecule is NCCC1CNC2CCCCC12. The van der Waals surface area contributed by atoms with E-state index in [1.165, 1.54) is 38.6 Å². The van der Waals surface area contributed by atoms with E-state index in [1.807, 2.05) is 0 Å². The van der Waals surface area contributed by atoms with Gasteiger partial charge in [-0.15, -0.1) is 0 Å². The average Bonchev–Trinajstić information content (AvgIpc) is 2.50. The number of rotatable bonds is 2. The van der Waals surface area contributed by atoms with Gasteiger partial charge >= 0.3 is 0 Å². The van der Waals surface area contributed by atoms with Crippen molar-refractivity contribution in [1.82, 2.24) is 5.32 Å². The molecule has 70 valence electrons. The number of nitrogens with one attached hydrogen (secondary N) is 1. The molecule has 0 radical (unpaired) electrons. The van der Waals surface area contributed by atoms with Crippen molar-refractivity contribution in [2.45, 2.75) is 38.1 Å². The minimum Gasteiger partial charge on any atom is -0.330 e. The molecule has 0 aromatic carbocycles. The van der Waals surface area contributed by atoms with Gasteiger partial charge in [0.05, 0.1) is 0 Å². The van der Waals surface area contributed by atoms with E-state index in [1.54, 1.807) is 0 Å². The minimum atomic E-state index is 0.843. The summed E-state index contributed by atoms with van der Waals surface area (Å²) in [6.07, 6.45) is 6.97. The van der Waals surface area contributed by atoms with Gasteiger partial charge in [-0.2, -0.15) is 0 Å². The van der Waals surface area contributed by atoms with Crippen molar-refractivity contribution in [2.24, 2.45) is 17.6 Å². The van der Waals surface area contributed by atoms with Crippen LogP contribution < -0.4 is 11.1 Å². The molecule has 3 atom stereocenters. The number of fused-ring (bicyclic) bond motifs is 1. The minimum absolute atomic E-state index is 0.843. The van der Waals surface area contributed by atoms with Gasteiger partial charge in [-0.3, -0.25) is 0 Å². The van der Waals surface area contributed by atoms with Crippen LogP contribution in [0.1, 0.15) is 32.1 Å². The molecule has 1 aliphatic carbocycles. The highest BCUT2D eigenvalue weighted by Crippen LogP contribution is 2.35. The molecule has 2 fully saturated rings. The molecule has 2 heteroatoms. The first-order valence-electron chi connectivity index (χ1n) is 5.35. The normalized spacial score (nSPS) is 41.2. The molecule has 12 heavy (non-hydrogen) atoms. The van der Waals surface area contributed by atoms with Crippen molar-refractivity contribution in [1.29, 1.82) is 0 Å². The van der Waals surface area contributed by atoms with Gasteiger partial charge in [-0.25, -0.2) is 0 Å². The van der Waals surface area contributed by atoms with E-state index in [0.29, 0.717) is 0 Å². The van der Waals surface area contributed by atoms with Gasteiger partial charge in [0.1, 0.15) is 0 Å². The molecule has 2 rings (SSSR count). The lowest BCUT2D eigenvalue weighted by Gasteiger charge is -2.28. The zero-order chi connectivity index (χ0) is 8.39. The van der Waals surface area contributed by atoms with Crippen LogP contribution in [0, 0.1) is 11.8 Å². The first-order valence-corrected chi connectivity index (χ1v) is 5.35. The zero-order valence-corrected chi connectivity index (χ0v) is 7.76. The molecule has 1 aliphatic heterocycles. The second-order valence-electron chi connectivity index (χ2n) is 4.30. The summed E-state index contributed by atoms with van der Waals surface area (Å²) in [7, 11) is 0. The summed E-state index contributed by atoms with van der Waals surface area (Å²) in [6.45, 7) is 2.10. The fourth-order valence-corrected chi connectivity index (χ4v) is 2.96.